The maximum atomic E-state index is 14.6. The van der Waals surface area contributed by atoms with Crippen molar-refractivity contribution in [1.82, 2.24) is 9.80 Å². The summed E-state index contributed by atoms with van der Waals surface area (Å²) in [6, 6.07) is 16.3. The predicted octanol–water partition coefficient (Wildman–Crippen LogP) is 4.75. The van der Waals surface area contributed by atoms with Gasteiger partial charge in [-0.15, -0.1) is 13.2 Å². The third-order valence-corrected chi connectivity index (χ3v) is 9.54. The van der Waals surface area contributed by atoms with Crippen molar-refractivity contribution in [2.45, 2.75) is 69.7 Å². The van der Waals surface area contributed by atoms with Crippen molar-refractivity contribution in [3.63, 3.8) is 0 Å². The zero-order chi connectivity index (χ0) is 32.7. The smallest absolute Gasteiger partial charge is 0.248 e. The zero-order valence-electron chi connectivity index (χ0n) is 26.9. The van der Waals surface area contributed by atoms with Crippen LogP contribution in [0.4, 0.5) is 5.69 Å². The first kappa shape index (κ1) is 33.4. The van der Waals surface area contributed by atoms with Crippen LogP contribution in [0.3, 0.4) is 0 Å². The molecule has 9 heteroatoms. The number of hydrogen-bond acceptors (Lipinski definition) is 6. The second-order valence-electron chi connectivity index (χ2n) is 12.4. The van der Waals surface area contributed by atoms with Crippen LogP contribution in [0.5, 0.6) is 5.75 Å². The van der Waals surface area contributed by atoms with Crippen LogP contribution in [0.2, 0.25) is 0 Å². The molecule has 0 aromatic heterocycles. The maximum Gasteiger partial charge on any atom is 0.248 e. The van der Waals surface area contributed by atoms with E-state index in [0.717, 1.165) is 18.4 Å². The topological polar surface area (TPSA) is 99.6 Å². The summed E-state index contributed by atoms with van der Waals surface area (Å²) in [5, 5.41) is 9.24. The van der Waals surface area contributed by atoms with E-state index < -0.39 is 29.6 Å². The molecule has 3 aliphatic rings. The van der Waals surface area contributed by atoms with Gasteiger partial charge in [-0.1, -0.05) is 55.3 Å². The molecule has 2 aromatic carbocycles. The van der Waals surface area contributed by atoms with Gasteiger partial charge < -0.3 is 29.3 Å². The fourth-order valence-corrected chi connectivity index (χ4v) is 7.59. The van der Waals surface area contributed by atoms with E-state index in [-0.39, 0.29) is 30.9 Å². The van der Waals surface area contributed by atoms with Crippen LogP contribution in [0.25, 0.3) is 0 Å². The Labute approximate surface area is 272 Å². The molecule has 0 radical (unpaired) electrons. The Morgan fingerprint density at radius 3 is 2.41 bits per heavy atom. The molecule has 3 saturated heterocycles. The van der Waals surface area contributed by atoms with E-state index in [9.17, 15) is 19.5 Å². The van der Waals surface area contributed by atoms with E-state index in [1.54, 1.807) is 26.9 Å². The molecular formula is C37H47N3O6. The second kappa shape index (κ2) is 15.1. The van der Waals surface area contributed by atoms with Crippen LogP contribution in [0, 0.1) is 11.8 Å². The molecular weight excluding hydrogens is 582 g/mol. The Morgan fingerprint density at radius 1 is 1.02 bits per heavy atom. The fourth-order valence-electron chi connectivity index (χ4n) is 7.59. The van der Waals surface area contributed by atoms with Gasteiger partial charge in [0, 0.05) is 38.5 Å². The normalized spacial score (nSPS) is 24.5. The standard InChI is InChI=1S/C37H47N3O6/c1-4-22-38(26-27-14-10-9-11-15-27)36(44)33-37-21-20-30(46-37)31(32(37)35(43)40(33)24-12-7-8-13-25-41)34(42)39(23-5-2)28-16-18-29(19-17-28)45-6-3/h4-5,9-11,14-19,30-33,41H,1-2,6-8,12-13,20-26H2,3H3/t30-,31+,32+,33?,37?/m1/s1. The van der Waals surface area contributed by atoms with E-state index in [1.807, 2.05) is 61.5 Å². The summed E-state index contributed by atoms with van der Waals surface area (Å²) in [5.41, 5.74) is 0.578. The van der Waals surface area contributed by atoms with Gasteiger partial charge in [0.2, 0.25) is 17.7 Å². The Bertz CT molecular complexity index is 1380. The van der Waals surface area contributed by atoms with Crippen LogP contribution >= 0.6 is 0 Å². The summed E-state index contributed by atoms with van der Waals surface area (Å²) in [5.74, 6) is -1.34. The Balaban J connectivity index is 1.47. The SMILES string of the molecule is C=CCN(Cc1ccccc1)C(=O)C1N(CCCCCCO)C(=O)[C@@H]2[C@@H](C(=O)N(CC=C)c3ccc(OCC)cc3)[C@H]3CCC12O3. The van der Waals surface area contributed by atoms with Crippen molar-refractivity contribution >= 4 is 23.4 Å². The van der Waals surface area contributed by atoms with Crippen molar-refractivity contribution < 1.29 is 29.0 Å². The van der Waals surface area contributed by atoms with E-state index in [1.165, 1.54) is 0 Å². The van der Waals surface area contributed by atoms with Gasteiger partial charge in [0.25, 0.3) is 0 Å². The van der Waals surface area contributed by atoms with Crippen LogP contribution in [0.1, 0.15) is 51.0 Å². The van der Waals surface area contributed by atoms with Gasteiger partial charge >= 0.3 is 0 Å². The first-order valence-electron chi connectivity index (χ1n) is 16.6. The number of rotatable bonds is 17. The number of unbranched alkanes of at least 4 members (excludes halogenated alkanes) is 3. The van der Waals surface area contributed by atoms with Crippen molar-refractivity contribution in [1.29, 1.82) is 0 Å². The average molecular weight is 630 g/mol. The molecule has 5 atom stereocenters. The highest BCUT2D eigenvalue weighted by molar-refractivity contribution is 6.03. The average Bonchev–Trinajstić information content (AvgIpc) is 3.71. The molecule has 1 N–H and O–H groups in total. The quantitative estimate of drug-likeness (QED) is 0.200. The lowest BCUT2D eigenvalue weighted by Gasteiger charge is -2.37. The lowest BCUT2D eigenvalue weighted by atomic mass is 9.70. The molecule has 9 nitrogen and oxygen atoms in total. The third kappa shape index (κ3) is 6.48. The van der Waals surface area contributed by atoms with Crippen molar-refractivity contribution in [2.75, 3.05) is 37.7 Å². The van der Waals surface area contributed by atoms with Gasteiger partial charge in [-0.3, -0.25) is 14.4 Å². The Kier molecular flexibility index (Phi) is 11.0. The number of carbonyl (C=O) groups is 3. The summed E-state index contributed by atoms with van der Waals surface area (Å²) >= 11 is 0. The van der Waals surface area contributed by atoms with Gasteiger partial charge in [0.15, 0.2) is 0 Å². The number of nitrogens with zero attached hydrogens (tertiary/aromatic N) is 3. The van der Waals surface area contributed by atoms with Crippen molar-refractivity contribution in [3.8, 4) is 5.75 Å². The first-order chi connectivity index (χ1) is 22.4. The molecule has 1 spiro atoms. The van der Waals surface area contributed by atoms with Crippen LogP contribution < -0.4 is 9.64 Å². The molecule has 3 fully saturated rings. The summed E-state index contributed by atoms with van der Waals surface area (Å²) in [4.78, 5) is 48.7. The van der Waals surface area contributed by atoms with E-state index >= 15 is 0 Å². The summed E-state index contributed by atoms with van der Waals surface area (Å²) < 4.78 is 12.3. The molecule has 5 rings (SSSR count). The van der Waals surface area contributed by atoms with Crippen molar-refractivity contribution in [3.05, 3.63) is 85.5 Å². The highest BCUT2D eigenvalue weighted by atomic mass is 16.5. The molecule has 0 aliphatic carbocycles. The van der Waals surface area contributed by atoms with Crippen molar-refractivity contribution in [2.24, 2.45) is 11.8 Å². The first-order valence-corrected chi connectivity index (χ1v) is 16.6. The number of aliphatic hydroxyl groups excluding tert-OH is 1. The van der Waals surface area contributed by atoms with Crippen LogP contribution in [-0.2, 0) is 25.7 Å². The molecule has 246 valence electrons. The van der Waals surface area contributed by atoms with E-state index in [4.69, 9.17) is 9.47 Å². The second-order valence-corrected chi connectivity index (χ2v) is 12.4. The fraction of sp³-hybridized carbons (Fsp3) is 0.486. The minimum absolute atomic E-state index is 0.125. The van der Waals surface area contributed by atoms with Gasteiger partial charge in [-0.05, 0) is 62.4 Å². The highest BCUT2D eigenvalue weighted by Crippen LogP contribution is 2.59. The molecule has 0 saturated carbocycles. The number of carbonyl (C=O) groups excluding carboxylic acids is 3. The molecule has 3 amide bonds. The lowest BCUT2D eigenvalue weighted by molar-refractivity contribution is -0.148. The molecule has 3 aliphatic heterocycles. The number of hydrogen-bond donors (Lipinski definition) is 1. The number of benzene rings is 2. The summed E-state index contributed by atoms with van der Waals surface area (Å²) in [7, 11) is 0. The maximum absolute atomic E-state index is 14.6. The minimum Gasteiger partial charge on any atom is -0.494 e. The number of likely N-dealkylation sites (tertiary alicyclic amines) is 1. The summed E-state index contributed by atoms with van der Waals surface area (Å²) in [6.45, 7) is 11.7. The van der Waals surface area contributed by atoms with Gasteiger partial charge in [0.05, 0.1) is 24.5 Å². The van der Waals surface area contributed by atoms with Gasteiger partial charge in [-0.25, -0.2) is 0 Å². The molecule has 2 aromatic rings. The van der Waals surface area contributed by atoms with E-state index in [2.05, 4.69) is 13.2 Å². The summed E-state index contributed by atoms with van der Waals surface area (Å²) in [6.07, 6.45) is 7.09. The highest BCUT2D eigenvalue weighted by Gasteiger charge is 2.74. The predicted molar refractivity (Wildman–Crippen MR) is 177 cm³/mol. The Morgan fingerprint density at radius 2 is 1.74 bits per heavy atom. The van der Waals surface area contributed by atoms with E-state index in [0.29, 0.717) is 63.4 Å². The Hall–Kier alpha value is -3.95. The number of fused-ring (bicyclic) bond motifs is 1. The number of amides is 3. The lowest BCUT2D eigenvalue weighted by Crippen LogP contribution is -2.56. The third-order valence-electron chi connectivity index (χ3n) is 9.54. The number of anilines is 1. The number of aliphatic hydroxyl groups is 1. The largest absolute Gasteiger partial charge is 0.494 e. The monoisotopic (exact) mass is 629 g/mol. The minimum atomic E-state index is -1.08. The molecule has 46 heavy (non-hydrogen) atoms. The molecule has 3 heterocycles. The number of ether oxygens (including phenoxy) is 2. The molecule has 2 bridgehead atoms. The zero-order valence-corrected chi connectivity index (χ0v) is 26.9. The molecule has 2 unspecified atom stereocenters. The van der Waals surface area contributed by atoms with Gasteiger partial charge in [-0.2, -0.15) is 0 Å². The van der Waals surface area contributed by atoms with Crippen LogP contribution in [-0.4, -0.2) is 83.2 Å². The van der Waals surface area contributed by atoms with Gasteiger partial charge in [0.1, 0.15) is 17.4 Å². The van der Waals surface area contributed by atoms with Crippen LogP contribution in [0.15, 0.2) is 79.9 Å².